The van der Waals surface area contributed by atoms with Crippen molar-refractivity contribution in [1.29, 1.82) is 0 Å². The van der Waals surface area contributed by atoms with Gasteiger partial charge in [-0.1, -0.05) is 52.5 Å². The Hall–Kier alpha value is -2.87. The first kappa shape index (κ1) is 24.5. The molecule has 3 aliphatic rings. The van der Waals surface area contributed by atoms with Gasteiger partial charge in [0.15, 0.2) is 5.58 Å². The number of hydrogen-bond donors (Lipinski definition) is 0. The summed E-state index contributed by atoms with van der Waals surface area (Å²) in [5.74, 6) is 1.22. The van der Waals surface area contributed by atoms with Crippen LogP contribution in [0.2, 0.25) is 0 Å². The minimum atomic E-state index is -0.234. The fraction of sp³-hybridized carbons (Fsp3) is 0.483. The number of amides is 2. The van der Waals surface area contributed by atoms with Gasteiger partial charge in [-0.15, -0.1) is 0 Å². The Morgan fingerprint density at radius 2 is 1.89 bits per heavy atom. The lowest BCUT2D eigenvalue weighted by Crippen LogP contribution is -2.48. The SMILES string of the molecule is O=C1CCCN1C[C@@H]1c2c(OCc3noc4ccccc34)ccc(Br)c2CCN1C(=O)C1CCCCC1. The molecule has 37 heavy (non-hydrogen) atoms. The number of carbonyl (C=O) groups is 2. The van der Waals surface area contributed by atoms with E-state index in [1.807, 2.05) is 41.3 Å². The number of fused-ring (bicyclic) bond motifs is 2. The largest absolute Gasteiger partial charge is 0.487 e. The lowest BCUT2D eigenvalue weighted by molar-refractivity contribution is -0.141. The van der Waals surface area contributed by atoms with Gasteiger partial charge in [0.2, 0.25) is 11.8 Å². The molecule has 8 heteroatoms. The van der Waals surface area contributed by atoms with Crippen molar-refractivity contribution in [2.75, 3.05) is 19.6 Å². The van der Waals surface area contributed by atoms with Gasteiger partial charge in [0.05, 0.1) is 6.04 Å². The highest BCUT2D eigenvalue weighted by Crippen LogP contribution is 2.43. The third-order valence-electron chi connectivity index (χ3n) is 8.19. The lowest BCUT2D eigenvalue weighted by atomic mass is 9.85. The van der Waals surface area contributed by atoms with Crippen molar-refractivity contribution in [2.24, 2.45) is 5.92 Å². The first-order chi connectivity index (χ1) is 18.1. The van der Waals surface area contributed by atoms with Crippen molar-refractivity contribution in [2.45, 2.75) is 64.0 Å². The molecule has 194 valence electrons. The Labute approximate surface area is 225 Å². The van der Waals surface area contributed by atoms with Crippen LogP contribution in [0.5, 0.6) is 5.75 Å². The molecule has 2 amide bonds. The zero-order valence-electron chi connectivity index (χ0n) is 21.0. The van der Waals surface area contributed by atoms with Gasteiger partial charge < -0.3 is 19.1 Å². The van der Waals surface area contributed by atoms with E-state index in [0.717, 1.165) is 83.1 Å². The molecule has 1 saturated heterocycles. The number of hydrogen-bond acceptors (Lipinski definition) is 5. The smallest absolute Gasteiger partial charge is 0.226 e. The molecule has 2 aliphatic heterocycles. The van der Waals surface area contributed by atoms with Gasteiger partial charge in [0.1, 0.15) is 18.1 Å². The van der Waals surface area contributed by atoms with E-state index in [-0.39, 0.29) is 30.4 Å². The molecule has 0 unspecified atom stereocenters. The molecule has 6 rings (SSSR count). The molecule has 3 aromatic rings. The minimum Gasteiger partial charge on any atom is -0.487 e. The number of likely N-dealkylation sites (tertiary alicyclic amines) is 1. The molecule has 3 heterocycles. The fourth-order valence-electron chi connectivity index (χ4n) is 6.24. The van der Waals surface area contributed by atoms with Gasteiger partial charge in [0, 0.05) is 47.4 Å². The number of halogens is 1. The molecule has 1 saturated carbocycles. The highest BCUT2D eigenvalue weighted by atomic mass is 79.9. The molecule has 0 radical (unpaired) electrons. The van der Waals surface area contributed by atoms with E-state index in [4.69, 9.17) is 9.26 Å². The zero-order chi connectivity index (χ0) is 25.4. The molecular formula is C29H32BrN3O4. The minimum absolute atomic E-state index is 0.0742. The summed E-state index contributed by atoms with van der Waals surface area (Å²) in [6.45, 7) is 2.16. The molecular weight excluding hydrogens is 534 g/mol. The molecule has 2 aromatic carbocycles. The maximum atomic E-state index is 13.9. The maximum absolute atomic E-state index is 13.9. The highest BCUT2D eigenvalue weighted by molar-refractivity contribution is 9.10. The summed E-state index contributed by atoms with van der Waals surface area (Å²) in [6, 6.07) is 11.5. The van der Waals surface area contributed by atoms with Crippen LogP contribution in [0.25, 0.3) is 11.0 Å². The van der Waals surface area contributed by atoms with Crippen LogP contribution in [0.1, 0.15) is 67.8 Å². The van der Waals surface area contributed by atoms with Crippen molar-refractivity contribution in [3.05, 3.63) is 57.7 Å². The summed E-state index contributed by atoms with van der Waals surface area (Å²) in [5.41, 5.74) is 3.64. The van der Waals surface area contributed by atoms with Gasteiger partial charge in [-0.2, -0.15) is 0 Å². The van der Waals surface area contributed by atoms with E-state index in [0.29, 0.717) is 19.5 Å². The van der Waals surface area contributed by atoms with E-state index in [2.05, 4.69) is 26.0 Å². The van der Waals surface area contributed by atoms with Gasteiger partial charge >= 0.3 is 0 Å². The quantitative estimate of drug-likeness (QED) is 0.377. The van der Waals surface area contributed by atoms with Crippen LogP contribution in [0, 0.1) is 5.92 Å². The molecule has 0 spiro atoms. The van der Waals surface area contributed by atoms with Gasteiger partial charge in [-0.05, 0) is 55.5 Å². The van der Waals surface area contributed by atoms with Gasteiger partial charge in [-0.25, -0.2) is 0 Å². The Morgan fingerprint density at radius 1 is 1.05 bits per heavy atom. The van der Waals surface area contributed by atoms with E-state index in [1.54, 1.807) is 0 Å². The number of aromatic nitrogens is 1. The van der Waals surface area contributed by atoms with Crippen LogP contribution >= 0.6 is 15.9 Å². The third-order valence-corrected chi connectivity index (χ3v) is 8.93. The first-order valence-corrected chi connectivity index (χ1v) is 14.2. The first-order valence-electron chi connectivity index (χ1n) is 13.5. The molecule has 2 fully saturated rings. The van der Waals surface area contributed by atoms with Crippen LogP contribution in [0.15, 0.2) is 45.4 Å². The fourth-order valence-corrected chi connectivity index (χ4v) is 6.78. The van der Waals surface area contributed by atoms with Crippen molar-refractivity contribution in [3.63, 3.8) is 0 Å². The van der Waals surface area contributed by atoms with Crippen molar-refractivity contribution in [1.82, 2.24) is 15.0 Å². The molecule has 1 aromatic heterocycles. The highest BCUT2D eigenvalue weighted by Gasteiger charge is 2.39. The van der Waals surface area contributed by atoms with Crippen molar-refractivity contribution >= 4 is 38.7 Å². The average molecular weight is 566 g/mol. The Bertz CT molecular complexity index is 1320. The Kier molecular flexibility index (Phi) is 6.93. The number of nitrogens with zero attached hydrogens (tertiary/aromatic N) is 3. The third kappa shape index (κ3) is 4.76. The molecule has 7 nitrogen and oxygen atoms in total. The second-order valence-electron chi connectivity index (χ2n) is 10.4. The van der Waals surface area contributed by atoms with Crippen LogP contribution in [0.4, 0.5) is 0 Å². The van der Waals surface area contributed by atoms with E-state index < -0.39 is 0 Å². The molecule has 0 N–H and O–H groups in total. The summed E-state index contributed by atoms with van der Waals surface area (Å²) >= 11 is 3.76. The predicted octanol–water partition coefficient (Wildman–Crippen LogP) is 5.80. The van der Waals surface area contributed by atoms with Gasteiger partial charge in [0.25, 0.3) is 0 Å². The molecule has 1 atom stereocenters. The van der Waals surface area contributed by atoms with E-state index in [9.17, 15) is 9.59 Å². The Morgan fingerprint density at radius 3 is 2.70 bits per heavy atom. The normalized spacial score (nSPS) is 20.5. The lowest BCUT2D eigenvalue weighted by Gasteiger charge is -2.42. The van der Waals surface area contributed by atoms with Crippen molar-refractivity contribution in [3.8, 4) is 5.75 Å². The van der Waals surface area contributed by atoms with Crippen LogP contribution in [-0.4, -0.2) is 46.4 Å². The van der Waals surface area contributed by atoms with E-state index >= 15 is 0 Å². The summed E-state index contributed by atoms with van der Waals surface area (Å²) in [4.78, 5) is 30.5. The maximum Gasteiger partial charge on any atom is 0.226 e. The summed E-state index contributed by atoms with van der Waals surface area (Å²) in [5, 5.41) is 5.16. The number of ether oxygens (including phenoxy) is 1. The molecule has 1 aliphatic carbocycles. The summed E-state index contributed by atoms with van der Waals surface area (Å²) < 4.78 is 12.9. The van der Waals surface area contributed by atoms with Crippen molar-refractivity contribution < 1.29 is 18.8 Å². The zero-order valence-corrected chi connectivity index (χ0v) is 22.5. The van der Waals surface area contributed by atoms with E-state index in [1.165, 1.54) is 6.42 Å². The summed E-state index contributed by atoms with van der Waals surface area (Å²) in [6.07, 6.45) is 7.55. The summed E-state index contributed by atoms with van der Waals surface area (Å²) in [7, 11) is 0. The Balaban J connectivity index is 1.35. The monoisotopic (exact) mass is 565 g/mol. The van der Waals surface area contributed by atoms with Crippen LogP contribution in [0.3, 0.4) is 0 Å². The average Bonchev–Trinajstić information content (AvgIpc) is 3.54. The number of rotatable bonds is 6. The topological polar surface area (TPSA) is 75.9 Å². The number of para-hydroxylation sites is 1. The number of carbonyl (C=O) groups excluding carboxylic acids is 2. The second-order valence-corrected chi connectivity index (χ2v) is 11.3. The molecule has 0 bridgehead atoms. The standard InChI is InChI=1S/C29H32BrN3O4/c30-22-12-13-26(36-18-23-21-9-4-5-10-25(21)37-31-23)28-20(22)14-16-33(29(35)19-7-2-1-3-8-19)24(28)17-32-15-6-11-27(32)34/h4-5,9-10,12-13,19,24H,1-3,6-8,11,14-18H2/t24-/m1/s1. The van der Waals surface area contributed by atoms with Gasteiger partial charge in [-0.3, -0.25) is 9.59 Å². The van der Waals surface area contributed by atoms with Crippen LogP contribution < -0.4 is 4.74 Å². The predicted molar refractivity (Wildman–Crippen MR) is 143 cm³/mol. The second kappa shape index (κ2) is 10.5. The van der Waals surface area contributed by atoms with Crippen LogP contribution in [-0.2, 0) is 22.6 Å². The number of benzene rings is 2.